The molecule has 0 saturated heterocycles. The predicted octanol–water partition coefficient (Wildman–Crippen LogP) is 2.97. The number of hydrogen-bond acceptors (Lipinski definition) is 8. The van der Waals surface area contributed by atoms with Gasteiger partial charge in [-0.3, -0.25) is 4.79 Å². The number of ether oxygens (including phenoxy) is 1. The second-order valence-electron chi connectivity index (χ2n) is 8.20. The first-order valence-electron chi connectivity index (χ1n) is 10.2. The van der Waals surface area contributed by atoms with Crippen LogP contribution in [-0.2, 0) is 25.3 Å². The minimum Gasteiger partial charge on any atom is -0.444 e. The van der Waals surface area contributed by atoms with Crippen molar-refractivity contribution in [2.45, 2.75) is 50.9 Å². The Balaban J connectivity index is 1.83. The van der Waals surface area contributed by atoms with Gasteiger partial charge in [0.05, 0.1) is 16.3 Å². The number of carbonyl (C=O) groups excluding carboxylic acids is 2. The Kier molecular flexibility index (Phi) is 9.32. The maximum absolute atomic E-state index is 12.5. The molecule has 2 rings (SSSR count). The van der Waals surface area contributed by atoms with Crippen LogP contribution in [0.25, 0.3) is 0 Å². The van der Waals surface area contributed by atoms with E-state index in [4.69, 9.17) is 9.26 Å². The summed E-state index contributed by atoms with van der Waals surface area (Å²) >= 11 is 1.41. The minimum absolute atomic E-state index is 0.000872. The first-order chi connectivity index (χ1) is 15.4. The van der Waals surface area contributed by atoms with E-state index >= 15 is 0 Å². The third-order valence-corrected chi connectivity index (χ3v) is 6.59. The highest BCUT2D eigenvalue weighted by Crippen LogP contribution is 2.20. The molecule has 0 unspecified atom stereocenters. The molecule has 0 aliphatic carbocycles. The molecule has 0 bridgehead atoms. The Morgan fingerprint density at radius 1 is 1.18 bits per heavy atom. The van der Waals surface area contributed by atoms with Crippen molar-refractivity contribution in [3.05, 3.63) is 41.3 Å². The van der Waals surface area contributed by atoms with E-state index in [2.05, 4.69) is 20.5 Å². The summed E-state index contributed by atoms with van der Waals surface area (Å²) in [6.45, 7) is 8.92. The first kappa shape index (κ1) is 26.7. The second kappa shape index (κ2) is 11.5. The Labute approximate surface area is 198 Å². The Bertz CT molecular complexity index is 1060. The molecule has 1 heterocycles. The number of aromatic nitrogens is 1. The molecule has 0 radical (unpaired) electrons. The van der Waals surface area contributed by atoms with Gasteiger partial charge in [-0.05, 0) is 52.8 Å². The molecule has 0 saturated carbocycles. The van der Waals surface area contributed by atoms with Gasteiger partial charge < -0.3 is 19.9 Å². The summed E-state index contributed by atoms with van der Waals surface area (Å²) in [5.41, 5.74) is 1.49. The summed E-state index contributed by atoms with van der Waals surface area (Å²) < 4.78 is 37.6. The van der Waals surface area contributed by atoms with E-state index in [0.29, 0.717) is 11.4 Å². The van der Waals surface area contributed by atoms with Gasteiger partial charge in [-0.1, -0.05) is 11.2 Å². The number of alkyl carbamates (subject to hydrolysis) is 1. The zero-order chi connectivity index (χ0) is 24.6. The number of anilines is 1. The molecular formula is C21H30N4O6S2. The van der Waals surface area contributed by atoms with E-state index in [1.54, 1.807) is 32.9 Å². The number of hydrogen-bond donors (Lipinski definition) is 3. The highest BCUT2D eigenvalue weighted by molar-refractivity contribution is 7.99. The van der Waals surface area contributed by atoms with Crippen LogP contribution in [0.2, 0.25) is 0 Å². The molecule has 33 heavy (non-hydrogen) atoms. The Hall–Kier alpha value is -2.57. The zero-order valence-corrected chi connectivity index (χ0v) is 21.0. The summed E-state index contributed by atoms with van der Waals surface area (Å²) in [5.74, 6) is 1.25. The fraction of sp³-hybridized carbons (Fsp3) is 0.476. The molecule has 0 fully saturated rings. The molecular weight excluding hydrogens is 468 g/mol. The first-order valence-corrected chi connectivity index (χ1v) is 12.9. The van der Waals surface area contributed by atoms with Gasteiger partial charge in [0.15, 0.2) is 0 Å². The van der Waals surface area contributed by atoms with Crippen LogP contribution in [-0.4, -0.2) is 50.0 Å². The summed E-state index contributed by atoms with van der Waals surface area (Å²) in [6.07, 6.45) is -0.626. The standard InChI is InChI=1S/C21H30N4O6S2/c1-14-18(15(2)31-25-14)12-32-13-19(26)24-16-7-6-8-17(11-16)33(28,29)23-10-9-22-20(27)30-21(3,4)5/h6-8,11,23H,9-10,12-13H2,1-5H3,(H,22,27)(H,24,26). The van der Waals surface area contributed by atoms with E-state index in [-0.39, 0.29) is 29.6 Å². The van der Waals surface area contributed by atoms with Gasteiger partial charge in [-0.2, -0.15) is 0 Å². The predicted molar refractivity (Wildman–Crippen MR) is 127 cm³/mol. The summed E-state index contributed by atoms with van der Waals surface area (Å²) in [5, 5.41) is 9.07. The van der Waals surface area contributed by atoms with Gasteiger partial charge in [0.1, 0.15) is 11.4 Å². The van der Waals surface area contributed by atoms with Gasteiger partial charge >= 0.3 is 6.09 Å². The van der Waals surface area contributed by atoms with Crippen molar-refractivity contribution < 1.29 is 27.3 Å². The van der Waals surface area contributed by atoms with Crippen molar-refractivity contribution in [2.75, 3.05) is 24.2 Å². The van der Waals surface area contributed by atoms with Crippen molar-refractivity contribution >= 4 is 39.5 Å². The van der Waals surface area contributed by atoms with Crippen molar-refractivity contribution in [3.8, 4) is 0 Å². The highest BCUT2D eigenvalue weighted by atomic mass is 32.2. The number of rotatable bonds is 10. The minimum atomic E-state index is -3.82. The molecule has 3 N–H and O–H groups in total. The molecule has 1 aromatic carbocycles. The lowest BCUT2D eigenvalue weighted by molar-refractivity contribution is -0.113. The van der Waals surface area contributed by atoms with Crippen LogP contribution >= 0.6 is 11.8 Å². The molecule has 0 aliphatic rings. The second-order valence-corrected chi connectivity index (χ2v) is 11.0. The molecule has 0 spiro atoms. The van der Waals surface area contributed by atoms with E-state index in [9.17, 15) is 18.0 Å². The molecule has 2 aromatic rings. The van der Waals surface area contributed by atoms with Crippen LogP contribution in [0.15, 0.2) is 33.7 Å². The van der Waals surface area contributed by atoms with Crippen molar-refractivity contribution in [1.82, 2.24) is 15.2 Å². The molecule has 182 valence electrons. The van der Waals surface area contributed by atoms with Crippen LogP contribution < -0.4 is 15.4 Å². The Morgan fingerprint density at radius 2 is 1.91 bits per heavy atom. The average molecular weight is 499 g/mol. The third kappa shape index (κ3) is 9.06. The lowest BCUT2D eigenvalue weighted by Crippen LogP contribution is -2.37. The number of benzene rings is 1. The van der Waals surface area contributed by atoms with Crippen LogP contribution in [0.4, 0.5) is 10.5 Å². The van der Waals surface area contributed by atoms with Gasteiger partial charge in [-0.25, -0.2) is 17.9 Å². The van der Waals surface area contributed by atoms with E-state index in [1.165, 1.54) is 23.9 Å². The molecule has 0 atom stereocenters. The summed E-state index contributed by atoms with van der Waals surface area (Å²) in [7, 11) is -3.82. The van der Waals surface area contributed by atoms with Crippen LogP contribution in [0.5, 0.6) is 0 Å². The number of amides is 2. The van der Waals surface area contributed by atoms with Gasteiger partial charge in [-0.15, -0.1) is 11.8 Å². The lowest BCUT2D eigenvalue weighted by atomic mass is 10.2. The van der Waals surface area contributed by atoms with Crippen molar-refractivity contribution in [3.63, 3.8) is 0 Å². The fourth-order valence-corrected chi connectivity index (χ4v) is 4.69. The number of aryl methyl sites for hydroxylation is 2. The van der Waals surface area contributed by atoms with Crippen LogP contribution in [0.1, 0.15) is 37.8 Å². The van der Waals surface area contributed by atoms with E-state index < -0.39 is 21.7 Å². The lowest BCUT2D eigenvalue weighted by Gasteiger charge is -2.19. The quantitative estimate of drug-likeness (QED) is 0.425. The number of sulfonamides is 1. The van der Waals surface area contributed by atoms with Gasteiger partial charge in [0.25, 0.3) is 0 Å². The molecule has 10 nitrogen and oxygen atoms in total. The maximum Gasteiger partial charge on any atom is 0.407 e. The smallest absolute Gasteiger partial charge is 0.407 e. The SMILES string of the molecule is Cc1noc(C)c1CSCC(=O)Nc1cccc(S(=O)(=O)NCCNC(=O)OC(C)(C)C)c1. The number of nitrogens with zero attached hydrogens (tertiary/aromatic N) is 1. The summed E-state index contributed by atoms with van der Waals surface area (Å²) in [6, 6.07) is 5.95. The zero-order valence-electron chi connectivity index (χ0n) is 19.4. The Morgan fingerprint density at radius 3 is 2.55 bits per heavy atom. The topological polar surface area (TPSA) is 140 Å². The number of nitrogens with one attached hydrogen (secondary N) is 3. The maximum atomic E-state index is 12.5. The van der Waals surface area contributed by atoms with E-state index in [0.717, 1.165) is 17.0 Å². The average Bonchev–Trinajstić information content (AvgIpc) is 3.02. The molecule has 0 aliphatic heterocycles. The van der Waals surface area contributed by atoms with Crippen molar-refractivity contribution in [1.29, 1.82) is 0 Å². The molecule has 12 heteroatoms. The number of carbonyl (C=O) groups is 2. The largest absolute Gasteiger partial charge is 0.444 e. The fourth-order valence-electron chi connectivity index (χ4n) is 2.64. The van der Waals surface area contributed by atoms with Crippen LogP contribution in [0.3, 0.4) is 0 Å². The molecule has 1 aromatic heterocycles. The monoisotopic (exact) mass is 498 g/mol. The van der Waals surface area contributed by atoms with E-state index in [1.807, 2.05) is 13.8 Å². The molecule has 2 amide bonds. The van der Waals surface area contributed by atoms with Crippen LogP contribution in [0, 0.1) is 13.8 Å². The summed E-state index contributed by atoms with van der Waals surface area (Å²) in [4.78, 5) is 23.9. The third-order valence-electron chi connectivity index (χ3n) is 4.17. The number of thioether (sulfide) groups is 1. The van der Waals surface area contributed by atoms with Crippen molar-refractivity contribution in [2.24, 2.45) is 0 Å². The van der Waals surface area contributed by atoms with Gasteiger partial charge in [0, 0.05) is 30.1 Å². The van der Waals surface area contributed by atoms with Gasteiger partial charge in [0.2, 0.25) is 15.9 Å². The highest BCUT2D eigenvalue weighted by Gasteiger charge is 2.17. The normalized spacial score (nSPS) is 11.8.